The molecular weight excluding hydrogens is 330 g/mol. The fourth-order valence-electron chi connectivity index (χ4n) is 1.90. The van der Waals surface area contributed by atoms with E-state index < -0.39 is 0 Å². The lowest BCUT2D eigenvalue weighted by atomic mass is 10.1. The van der Waals surface area contributed by atoms with Crippen molar-refractivity contribution in [3.63, 3.8) is 0 Å². The van der Waals surface area contributed by atoms with Crippen molar-refractivity contribution in [2.75, 3.05) is 11.9 Å². The van der Waals surface area contributed by atoms with Gasteiger partial charge >= 0.3 is 0 Å². The van der Waals surface area contributed by atoms with E-state index in [0.717, 1.165) is 23.4 Å². The minimum absolute atomic E-state index is 0.134. The Balaban J connectivity index is 2.13. The molecule has 0 heterocycles. The maximum Gasteiger partial charge on any atom is 0.255 e. The molecular formula is C17H18BrNO2. The van der Waals surface area contributed by atoms with Crippen molar-refractivity contribution in [3.05, 3.63) is 59.7 Å². The van der Waals surface area contributed by atoms with Gasteiger partial charge in [-0.15, -0.1) is 0 Å². The van der Waals surface area contributed by atoms with Crippen LogP contribution in [0.15, 0.2) is 48.5 Å². The van der Waals surface area contributed by atoms with Crippen molar-refractivity contribution in [1.82, 2.24) is 0 Å². The summed E-state index contributed by atoms with van der Waals surface area (Å²) in [6.45, 7) is 2.70. The Kier molecular flexibility index (Phi) is 5.81. The molecule has 2 rings (SSSR count). The van der Waals surface area contributed by atoms with Crippen LogP contribution in [0.3, 0.4) is 0 Å². The Morgan fingerprint density at radius 2 is 2.00 bits per heavy atom. The fourth-order valence-corrected chi connectivity index (χ4v) is 2.39. The average Bonchev–Trinajstić information content (AvgIpc) is 2.53. The Morgan fingerprint density at radius 1 is 1.19 bits per heavy atom. The number of benzene rings is 2. The van der Waals surface area contributed by atoms with Gasteiger partial charge in [0.25, 0.3) is 5.91 Å². The smallest absolute Gasteiger partial charge is 0.255 e. The average molecular weight is 348 g/mol. The van der Waals surface area contributed by atoms with Crippen LogP contribution in [-0.2, 0) is 5.33 Å². The standard InChI is InChI=1S/C17H18BrNO2/c1-2-10-21-15-8-5-7-13(11-15)17(20)19-16-9-4-3-6-14(16)12-18/h3-9,11H,2,10,12H2,1H3,(H,19,20). The zero-order valence-electron chi connectivity index (χ0n) is 11.9. The molecule has 1 amide bonds. The number of alkyl halides is 1. The van der Waals surface area contributed by atoms with Gasteiger partial charge in [-0.25, -0.2) is 0 Å². The SMILES string of the molecule is CCCOc1cccc(C(=O)Nc2ccccc2CBr)c1. The largest absolute Gasteiger partial charge is 0.494 e. The predicted molar refractivity (Wildman–Crippen MR) is 89.3 cm³/mol. The number of carbonyl (C=O) groups excluding carboxylic acids is 1. The lowest BCUT2D eigenvalue weighted by Gasteiger charge is -2.10. The van der Waals surface area contributed by atoms with E-state index in [1.807, 2.05) is 43.3 Å². The van der Waals surface area contributed by atoms with Crippen LogP contribution in [0.1, 0.15) is 29.3 Å². The molecule has 0 unspecified atom stereocenters. The molecule has 2 aromatic carbocycles. The summed E-state index contributed by atoms with van der Waals surface area (Å²) < 4.78 is 5.55. The number of nitrogens with one attached hydrogen (secondary N) is 1. The minimum atomic E-state index is -0.134. The summed E-state index contributed by atoms with van der Waals surface area (Å²) >= 11 is 3.42. The predicted octanol–water partition coefficient (Wildman–Crippen LogP) is 4.62. The summed E-state index contributed by atoms with van der Waals surface area (Å²) in [4.78, 5) is 12.3. The summed E-state index contributed by atoms with van der Waals surface area (Å²) in [5, 5.41) is 3.63. The van der Waals surface area contributed by atoms with Gasteiger partial charge in [0.15, 0.2) is 0 Å². The topological polar surface area (TPSA) is 38.3 Å². The first-order chi connectivity index (χ1) is 10.2. The Bertz CT molecular complexity index is 613. The molecule has 0 radical (unpaired) electrons. The molecule has 2 aromatic rings. The van der Waals surface area contributed by atoms with Crippen LogP contribution in [0, 0.1) is 0 Å². The number of carbonyl (C=O) groups is 1. The molecule has 110 valence electrons. The summed E-state index contributed by atoms with van der Waals surface area (Å²) in [6.07, 6.45) is 0.940. The summed E-state index contributed by atoms with van der Waals surface area (Å²) in [5.74, 6) is 0.587. The van der Waals surface area contributed by atoms with E-state index in [1.165, 1.54) is 0 Å². The number of para-hydroxylation sites is 1. The van der Waals surface area contributed by atoms with Crippen molar-refractivity contribution in [1.29, 1.82) is 0 Å². The first kappa shape index (κ1) is 15.6. The zero-order valence-corrected chi connectivity index (χ0v) is 13.5. The van der Waals surface area contributed by atoms with Gasteiger partial charge in [-0.1, -0.05) is 47.1 Å². The first-order valence-electron chi connectivity index (χ1n) is 6.92. The third-order valence-corrected chi connectivity index (χ3v) is 3.58. The van der Waals surface area contributed by atoms with Crippen LogP contribution in [0.25, 0.3) is 0 Å². The Labute approximate surface area is 133 Å². The van der Waals surface area contributed by atoms with Crippen molar-refractivity contribution in [3.8, 4) is 5.75 Å². The van der Waals surface area contributed by atoms with E-state index in [1.54, 1.807) is 12.1 Å². The van der Waals surface area contributed by atoms with E-state index in [2.05, 4.69) is 21.2 Å². The molecule has 0 aliphatic rings. The Morgan fingerprint density at radius 3 is 2.76 bits per heavy atom. The monoisotopic (exact) mass is 347 g/mol. The molecule has 0 saturated heterocycles. The van der Waals surface area contributed by atoms with Crippen molar-refractivity contribution >= 4 is 27.5 Å². The number of hydrogen-bond acceptors (Lipinski definition) is 2. The zero-order chi connectivity index (χ0) is 15.1. The number of hydrogen-bond donors (Lipinski definition) is 1. The summed E-state index contributed by atoms with van der Waals surface area (Å²) in [6, 6.07) is 15.0. The van der Waals surface area contributed by atoms with Gasteiger partial charge in [-0.05, 0) is 36.2 Å². The summed E-state index contributed by atoms with van der Waals surface area (Å²) in [7, 11) is 0. The third kappa shape index (κ3) is 4.33. The van der Waals surface area contributed by atoms with E-state index >= 15 is 0 Å². The van der Waals surface area contributed by atoms with Crippen molar-refractivity contribution < 1.29 is 9.53 Å². The second kappa shape index (κ2) is 7.84. The Hall–Kier alpha value is -1.81. The van der Waals surface area contributed by atoms with Crippen LogP contribution in [0.5, 0.6) is 5.75 Å². The van der Waals surface area contributed by atoms with Gasteiger partial charge in [0.2, 0.25) is 0 Å². The molecule has 0 bridgehead atoms. The van der Waals surface area contributed by atoms with Crippen LogP contribution in [-0.4, -0.2) is 12.5 Å². The molecule has 1 N–H and O–H groups in total. The van der Waals surface area contributed by atoms with Gasteiger partial charge in [0.05, 0.1) is 6.61 Å². The number of rotatable bonds is 6. The first-order valence-corrected chi connectivity index (χ1v) is 8.05. The second-order valence-electron chi connectivity index (χ2n) is 4.62. The molecule has 0 saturated carbocycles. The van der Waals surface area contributed by atoms with Crippen molar-refractivity contribution in [2.45, 2.75) is 18.7 Å². The molecule has 0 atom stereocenters. The lowest BCUT2D eigenvalue weighted by molar-refractivity contribution is 0.102. The van der Waals surface area contributed by atoms with E-state index in [4.69, 9.17) is 4.74 Å². The lowest BCUT2D eigenvalue weighted by Crippen LogP contribution is -2.13. The highest BCUT2D eigenvalue weighted by atomic mass is 79.9. The van der Waals surface area contributed by atoms with Gasteiger partial charge in [0.1, 0.15) is 5.75 Å². The third-order valence-electron chi connectivity index (χ3n) is 2.98. The van der Waals surface area contributed by atoms with E-state index in [9.17, 15) is 4.79 Å². The minimum Gasteiger partial charge on any atom is -0.494 e. The van der Waals surface area contributed by atoms with Crippen LogP contribution in [0.2, 0.25) is 0 Å². The normalized spacial score (nSPS) is 10.2. The molecule has 4 heteroatoms. The molecule has 0 aromatic heterocycles. The van der Waals surface area contributed by atoms with Crippen LogP contribution < -0.4 is 10.1 Å². The maximum atomic E-state index is 12.3. The molecule has 21 heavy (non-hydrogen) atoms. The highest BCUT2D eigenvalue weighted by molar-refractivity contribution is 9.08. The highest BCUT2D eigenvalue weighted by Gasteiger charge is 2.09. The number of amides is 1. The van der Waals surface area contributed by atoms with Gasteiger partial charge in [-0.2, -0.15) is 0 Å². The number of ether oxygens (including phenoxy) is 1. The van der Waals surface area contributed by atoms with Gasteiger partial charge in [0, 0.05) is 16.6 Å². The molecule has 0 fully saturated rings. The second-order valence-corrected chi connectivity index (χ2v) is 5.18. The molecule has 3 nitrogen and oxygen atoms in total. The number of anilines is 1. The van der Waals surface area contributed by atoms with Gasteiger partial charge in [-0.3, -0.25) is 4.79 Å². The number of halogens is 1. The van der Waals surface area contributed by atoms with Crippen LogP contribution >= 0.6 is 15.9 Å². The maximum absolute atomic E-state index is 12.3. The van der Waals surface area contributed by atoms with E-state index in [-0.39, 0.29) is 5.91 Å². The van der Waals surface area contributed by atoms with Crippen molar-refractivity contribution in [2.24, 2.45) is 0 Å². The van der Waals surface area contributed by atoms with Gasteiger partial charge < -0.3 is 10.1 Å². The van der Waals surface area contributed by atoms with Crippen LogP contribution in [0.4, 0.5) is 5.69 Å². The molecule has 0 aliphatic carbocycles. The highest BCUT2D eigenvalue weighted by Crippen LogP contribution is 2.20. The fraction of sp³-hybridized carbons (Fsp3) is 0.235. The molecule has 0 aliphatic heterocycles. The summed E-state index contributed by atoms with van der Waals surface area (Å²) in [5.41, 5.74) is 2.46. The quantitative estimate of drug-likeness (QED) is 0.774. The molecule has 0 spiro atoms. The van der Waals surface area contributed by atoms with E-state index in [0.29, 0.717) is 17.5 Å².